The van der Waals surface area contributed by atoms with Gasteiger partial charge in [-0.15, -0.1) is 9.36 Å². The van der Waals surface area contributed by atoms with E-state index >= 15 is 0 Å². The van der Waals surface area contributed by atoms with Gasteiger partial charge in [0, 0.05) is 6.04 Å². The first-order chi connectivity index (χ1) is 7.96. The molecule has 0 aliphatic carbocycles. The molecule has 3 nitrogen and oxygen atoms in total. The molecule has 2 rings (SSSR count). The van der Waals surface area contributed by atoms with Gasteiger partial charge in [0.05, 0.1) is 13.3 Å². The van der Waals surface area contributed by atoms with Crippen molar-refractivity contribution >= 4 is 8.07 Å². The van der Waals surface area contributed by atoms with Crippen molar-refractivity contribution in [3.8, 4) is 5.69 Å². The van der Waals surface area contributed by atoms with Crippen molar-refractivity contribution < 1.29 is 28.7 Å². The first kappa shape index (κ1) is 15.4. The van der Waals surface area contributed by atoms with Gasteiger partial charge in [0.25, 0.3) is 0 Å². The lowest BCUT2D eigenvalue weighted by atomic mass is 10.3. The van der Waals surface area contributed by atoms with Gasteiger partial charge in [-0.1, -0.05) is 37.8 Å². The number of nitrogens with zero attached hydrogens (tertiary/aromatic N) is 3. The molecular formula is C13H20IN3Si. The summed E-state index contributed by atoms with van der Waals surface area (Å²) >= 11 is 0. The Labute approximate surface area is 127 Å². The summed E-state index contributed by atoms with van der Waals surface area (Å²) < 4.78 is 3.95. The molecule has 0 amide bonds. The van der Waals surface area contributed by atoms with E-state index in [2.05, 4.69) is 43.2 Å². The van der Waals surface area contributed by atoms with Gasteiger partial charge in [0.2, 0.25) is 0 Å². The largest absolute Gasteiger partial charge is 1.00 e. The Bertz CT molecular complexity index is 503. The fourth-order valence-corrected chi connectivity index (χ4v) is 3.27. The van der Waals surface area contributed by atoms with Crippen molar-refractivity contribution in [2.75, 3.05) is 0 Å². The monoisotopic (exact) mass is 373 g/mol. The Morgan fingerprint density at radius 3 is 2.33 bits per heavy atom. The first-order valence-corrected chi connectivity index (χ1v) is 9.67. The molecule has 0 saturated carbocycles. The van der Waals surface area contributed by atoms with E-state index in [0.29, 0.717) is 0 Å². The lowest BCUT2D eigenvalue weighted by Gasteiger charge is -2.11. The Kier molecular flexibility index (Phi) is 5.09. The zero-order valence-electron chi connectivity index (χ0n) is 11.4. The zero-order chi connectivity index (χ0) is 12.5. The third-order valence-corrected chi connectivity index (χ3v) is 4.07. The van der Waals surface area contributed by atoms with Crippen LogP contribution in [-0.2, 0) is 13.1 Å². The van der Waals surface area contributed by atoms with Crippen LogP contribution in [0.5, 0.6) is 0 Å². The number of rotatable bonds is 3. The predicted molar refractivity (Wildman–Crippen MR) is 71.8 cm³/mol. The average molecular weight is 373 g/mol. The van der Waals surface area contributed by atoms with Gasteiger partial charge in [0.1, 0.15) is 7.05 Å². The van der Waals surface area contributed by atoms with E-state index in [1.807, 2.05) is 34.6 Å². The van der Waals surface area contributed by atoms with Crippen LogP contribution in [0.25, 0.3) is 5.69 Å². The molecule has 1 heterocycles. The molecule has 0 radical (unpaired) electrons. The van der Waals surface area contributed by atoms with E-state index in [4.69, 9.17) is 0 Å². The van der Waals surface area contributed by atoms with Crippen molar-refractivity contribution in [1.29, 1.82) is 0 Å². The molecule has 98 valence electrons. The van der Waals surface area contributed by atoms with E-state index in [9.17, 15) is 0 Å². The maximum Gasteiger partial charge on any atom is 0.165 e. The van der Waals surface area contributed by atoms with Crippen LogP contribution in [0.1, 0.15) is 5.69 Å². The minimum atomic E-state index is -1.09. The second kappa shape index (κ2) is 5.97. The summed E-state index contributed by atoms with van der Waals surface area (Å²) in [5, 5.41) is 4.52. The molecule has 0 atom stereocenters. The minimum Gasteiger partial charge on any atom is -1.00 e. The quantitative estimate of drug-likeness (QED) is 0.389. The highest BCUT2D eigenvalue weighted by atomic mass is 127. The third kappa shape index (κ3) is 3.91. The van der Waals surface area contributed by atoms with Crippen LogP contribution in [0.2, 0.25) is 19.6 Å². The average Bonchev–Trinajstić information content (AvgIpc) is 2.59. The molecule has 0 fully saturated rings. The Morgan fingerprint density at radius 2 is 1.78 bits per heavy atom. The molecule has 1 aromatic carbocycles. The van der Waals surface area contributed by atoms with Crippen LogP contribution >= 0.6 is 0 Å². The molecule has 0 saturated heterocycles. The summed E-state index contributed by atoms with van der Waals surface area (Å²) in [6, 6.07) is 11.4. The Balaban J connectivity index is 0.00000162. The second-order valence-corrected chi connectivity index (χ2v) is 11.1. The Morgan fingerprint density at radius 1 is 1.17 bits per heavy atom. The van der Waals surface area contributed by atoms with E-state index in [1.54, 1.807) is 0 Å². The standard InChI is InChI=1S/C13H20N3Si.HI/c1-15-13(11-17(2,3)4)10-16(14-15)12-8-6-5-7-9-12;/h5-10H,11H2,1-4H3;1H/q+1;/p-1. The molecule has 18 heavy (non-hydrogen) atoms. The number of hydrogen-bond acceptors (Lipinski definition) is 1. The molecule has 1 aromatic heterocycles. The topological polar surface area (TPSA) is 21.7 Å². The maximum absolute atomic E-state index is 4.52. The summed E-state index contributed by atoms with van der Waals surface area (Å²) in [5.74, 6) is 0. The van der Waals surface area contributed by atoms with Crippen molar-refractivity contribution in [1.82, 2.24) is 9.90 Å². The number of para-hydroxylation sites is 1. The highest BCUT2D eigenvalue weighted by Crippen LogP contribution is 2.10. The number of benzene rings is 1. The van der Waals surface area contributed by atoms with E-state index < -0.39 is 8.07 Å². The molecule has 0 spiro atoms. The smallest absolute Gasteiger partial charge is 0.165 e. The molecule has 0 bridgehead atoms. The van der Waals surface area contributed by atoms with Gasteiger partial charge < -0.3 is 24.0 Å². The van der Waals surface area contributed by atoms with Gasteiger partial charge in [-0.2, -0.15) is 0 Å². The number of aromatic nitrogens is 3. The van der Waals surface area contributed by atoms with Gasteiger partial charge in [-0.25, -0.2) is 0 Å². The summed E-state index contributed by atoms with van der Waals surface area (Å²) in [6.45, 7) is 7.15. The molecule has 0 unspecified atom stereocenters. The SMILES string of the molecule is C[n+]1nn(-c2ccccc2)cc1C[Si](C)(C)C.[I-]. The summed E-state index contributed by atoms with van der Waals surface area (Å²) in [7, 11) is 0.932. The lowest BCUT2D eigenvalue weighted by molar-refractivity contribution is -0.737. The van der Waals surface area contributed by atoms with Crippen molar-refractivity contribution in [2.45, 2.75) is 25.7 Å². The van der Waals surface area contributed by atoms with E-state index in [0.717, 1.165) is 11.7 Å². The molecule has 0 aliphatic rings. The van der Waals surface area contributed by atoms with Crippen LogP contribution in [0.15, 0.2) is 36.5 Å². The van der Waals surface area contributed by atoms with Gasteiger partial charge in [-0.3, -0.25) is 0 Å². The summed E-state index contributed by atoms with van der Waals surface area (Å²) in [5.41, 5.74) is 2.43. The highest BCUT2D eigenvalue weighted by Gasteiger charge is 2.22. The van der Waals surface area contributed by atoms with Gasteiger partial charge >= 0.3 is 0 Å². The fourth-order valence-electron chi connectivity index (χ4n) is 1.86. The number of aryl methyl sites for hydroxylation is 1. The van der Waals surface area contributed by atoms with Crippen LogP contribution in [0, 0.1) is 0 Å². The number of halogens is 1. The van der Waals surface area contributed by atoms with E-state index in [1.165, 1.54) is 5.69 Å². The van der Waals surface area contributed by atoms with Crippen LogP contribution in [0.4, 0.5) is 0 Å². The molecule has 0 aliphatic heterocycles. The molecule has 5 heteroatoms. The zero-order valence-corrected chi connectivity index (χ0v) is 14.5. The second-order valence-electron chi connectivity index (χ2n) is 5.65. The fraction of sp³-hybridized carbons (Fsp3) is 0.385. The maximum atomic E-state index is 4.52. The van der Waals surface area contributed by atoms with Gasteiger partial charge in [0.15, 0.2) is 17.6 Å². The van der Waals surface area contributed by atoms with Crippen LogP contribution in [0.3, 0.4) is 0 Å². The van der Waals surface area contributed by atoms with E-state index in [-0.39, 0.29) is 24.0 Å². The molecular weight excluding hydrogens is 353 g/mol. The van der Waals surface area contributed by atoms with Crippen molar-refractivity contribution in [2.24, 2.45) is 7.05 Å². The third-order valence-electron chi connectivity index (χ3n) is 2.65. The van der Waals surface area contributed by atoms with Gasteiger partial charge in [-0.05, 0) is 12.1 Å². The number of hydrogen-bond donors (Lipinski definition) is 0. The first-order valence-electron chi connectivity index (χ1n) is 5.96. The molecule has 2 aromatic rings. The lowest BCUT2D eigenvalue weighted by Crippen LogP contribution is -3.00. The predicted octanol–water partition coefficient (Wildman–Crippen LogP) is -0.879. The normalized spacial score (nSPS) is 11.1. The van der Waals surface area contributed by atoms with Crippen LogP contribution < -0.4 is 28.7 Å². The molecule has 0 N–H and O–H groups in total. The summed E-state index contributed by atoms with van der Waals surface area (Å²) in [6.07, 6.45) is 2.15. The van der Waals surface area contributed by atoms with Crippen molar-refractivity contribution in [3.63, 3.8) is 0 Å². The van der Waals surface area contributed by atoms with Crippen LogP contribution in [-0.4, -0.2) is 18.0 Å². The Hall–Kier alpha value is -0.693. The minimum absolute atomic E-state index is 0. The highest BCUT2D eigenvalue weighted by molar-refractivity contribution is 6.75. The van der Waals surface area contributed by atoms with Crippen molar-refractivity contribution in [3.05, 3.63) is 42.2 Å². The summed E-state index contributed by atoms with van der Waals surface area (Å²) in [4.78, 5) is 0.